The summed E-state index contributed by atoms with van der Waals surface area (Å²) >= 11 is 0. The average molecular weight is 239 g/mol. The van der Waals surface area contributed by atoms with Crippen molar-refractivity contribution in [2.75, 3.05) is 5.32 Å². The third-order valence-corrected chi connectivity index (χ3v) is 3.73. The lowest BCUT2D eigenvalue weighted by atomic mass is 10.1. The van der Waals surface area contributed by atoms with Gasteiger partial charge in [0.2, 0.25) is 0 Å². The zero-order chi connectivity index (χ0) is 12.4. The Morgan fingerprint density at radius 1 is 1.24 bits per heavy atom. The highest BCUT2D eigenvalue weighted by molar-refractivity contribution is 5.47. The minimum Gasteiger partial charge on any atom is -0.380 e. The maximum absolute atomic E-state index is 13.6. The van der Waals surface area contributed by atoms with Crippen molar-refractivity contribution in [2.45, 2.75) is 45.6 Å². The highest BCUT2D eigenvalue weighted by Crippen LogP contribution is 2.31. The molecule has 0 aliphatic heterocycles. The van der Waals surface area contributed by atoms with E-state index >= 15 is 0 Å². The fraction of sp³-hybridized carbons (Fsp3) is 0.571. The number of hydrogen-bond donors (Lipinski definition) is 1. The van der Waals surface area contributed by atoms with E-state index in [-0.39, 0.29) is 17.7 Å². The molecule has 1 saturated carbocycles. The minimum atomic E-state index is -0.358. The van der Waals surface area contributed by atoms with E-state index in [1.807, 2.05) is 0 Å². The van der Waals surface area contributed by atoms with E-state index in [1.165, 1.54) is 25.0 Å². The normalized spacial score (nSPS) is 24.0. The molecule has 1 nitrogen and oxygen atoms in total. The van der Waals surface area contributed by atoms with Crippen LogP contribution in [0.4, 0.5) is 14.5 Å². The maximum atomic E-state index is 13.6. The van der Waals surface area contributed by atoms with Gasteiger partial charge >= 0.3 is 0 Å². The van der Waals surface area contributed by atoms with Gasteiger partial charge in [0.1, 0.15) is 11.6 Å². The first kappa shape index (κ1) is 12.3. The van der Waals surface area contributed by atoms with Crippen LogP contribution < -0.4 is 5.32 Å². The second-order valence-corrected chi connectivity index (χ2v) is 5.01. The van der Waals surface area contributed by atoms with Crippen molar-refractivity contribution < 1.29 is 8.78 Å². The molecule has 17 heavy (non-hydrogen) atoms. The molecule has 0 amide bonds. The quantitative estimate of drug-likeness (QED) is 0.830. The third kappa shape index (κ3) is 2.76. The molecule has 1 aliphatic carbocycles. The van der Waals surface area contributed by atoms with E-state index in [1.54, 1.807) is 6.92 Å². The van der Waals surface area contributed by atoms with Crippen molar-refractivity contribution in [2.24, 2.45) is 5.92 Å². The van der Waals surface area contributed by atoms with Gasteiger partial charge in [-0.25, -0.2) is 8.78 Å². The van der Waals surface area contributed by atoms with E-state index in [4.69, 9.17) is 0 Å². The number of benzene rings is 1. The molecule has 2 atom stereocenters. The molecule has 1 aromatic carbocycles. The molecule has 0 spiro atoms. The van der Waals surface area contributed by atoms with Crippen molar-refractivity contribution in [1.82, 2.24) is 0 Å². The number of aryl methyl sites for hydroxylation is 1. The fourth-order valence-corrected chi connectivity index (χ4v) is 2.55. The smallest absolute Gasteiger partial charge is 0.146 e. The largest absolute Gasteiger partial charge is 0.380 e. The van der Waals surface area contributed by atoms with Crippen molar-refractivity contribution in [1.29, 1.82) is 0 Å². The molecule has 0 aromatic heterocycles. The number of anilines is 1. The molecule has 1 fully saturated rings. The molecule has 2 rings (SSSR count). The number of halogens is 2. The number of nitrogens with one attached hydrogen (secondary N) is 1. The summed E-state index contributed by atoms with van der Waals surface area (Å²) in [6.45, 7) is 3.75. The van der Waals surface area contributed by atoms with E-state index in [9.17, 15) is 8.78 Å². The topological polar surface area (TPSA) is 12.0 Å². The van der Waals surface area contributed by atoms with E-state index < -0.39 is 0 Å². The lowest BCUT2D eigenvalue weighted by Crippen LogP contribution is -2.16. The molecular formula is C14H19F2N. The fourth-order valence-electron chi connectivity index (χ4n) is 2.55. The van der Waals surface area contributed by atoms with Gasteiger partial charge in [-0.15, -0.1) is 0 Å². The number of rotatable bonds is 3. The van der Waals surface area contributed by atoms with Gasteiger partial charge in [0, 0.05) is 12.1 Å². The molecule has 94 valence electrons. The summed E-state index contributed by atoms with van der Waals surface area (Å²) in [4.78, 5) is 0. The molecule has 1 aromatic rings. The Bertz CT molecular complexity index is 403. The molecule has 1 aliphatic rings. The highest BCUT2D eigenvalue weighted by atomic mass is 19.1. The lowest BCUT2D eigenvalue weighted by Gasteiger charge is -2.15. The van der Waals surface area contributed by atoms with Crippen LogP contribution >= 0.6 is 0 Å². The molecule has 0 bridgehead atoms. The first-order valence-corrected chi connectivity index (χ1v) is 6.32. The minimum absolute atomic E-state index is 0.288. The van der Waals surface area contributed by atoms with Crippen LogP contribution in [0.5, 0.6) is 0 Å². The second-order valence-electron chi connectivity index (χ2n) is 5.01. The van der Waals surface area contributed by atoms with Gasteiger partial charge < -0.3 is 5.32 Å². The van der Waals surface area contributed by atoms with E-state index in [0.717, 1.165) is 18.8 Å². The van der Waals surface area contributed by atoms with Crippen molar-refractivity contribution >= 4 is 5.69 Å². The Balaban J connectivity index is 2.06. The Labute approximate surface area is 101 Å². The maximum Gasteiger partial charge on any atom is 0.146 e. The van der Waals surface area contributed by atoms with Gasteiger partial charge in [-0.2, -0.15) is 0 Å². The summed E-state index contributed by atoms with van der Waals surface area (Å²) in [5, 5.41) is 3.13. The van der Waals surface area contributed by atoms with Gasteiger partial charge in [0.05, 0.1) is 5.69 Å². The van der Waals surface area contributed by atoms with Crippen molar-refractivity contribution in [3.05, 3.63) is 29.3 Å². The Morgan fingerprint density at radius 3 is 2.65 bits per heavy atom. The van der Waals surface area contributed by atoms with Gasteiger partial charge in [0.15, 0.2) is 0 Å². The predicted octanol–water partition coefficient (Wildman–Crippen LogP) is 4.26. The lowest BCUT2D eigenvalue weighted by molar-refractivity contribution is 0.524. The molecule has 0 saturated heterocycles. The van der Waals surface area contributed by atoms with Crippen LogP contribution in [-0.4, -0.2) is 6.04 Å². The van der Waals surface area contributed by atoms with Gasteiger partial charge in [-0.3, -0.25) is 0 Å². The summed E-state index contributed by atoms with van der Waals surface area (Å²) in [5.74, 6) is 0.0219. The standard InChI is InChI=1S/C14H19F2N/c1-3-10-4-5-11(7-10)17-14-8-12(15)9(2)6-13(14)16/h6,8,10-11,17H,3-5,7H2,1-2H3. The van der Waals surface area contributed by atoms with Gasteiger partial charge in [-0.05, 0) is 43.7 Å². The highest BCUT2D eigenvalue weighted by Gasteiger charge is 2.24. The van der Waals surface area contributed by atoms with Crippen LogP contribution in [0.3, 0.4) is 0 Å². The first-order valence-electron chi connectivity index (χ1n) is 6.32. The zero-order valence-corrected chi connectivity index (χ0v) is 10.4. The zero-order valence-electron chi connectivity index (χ0n) is 10.4. The Kier molecular flexibility index (Phi) is 3.65. The van der Waals surface area contributed by atoms with Crippen molar-refractivity contribution in [3.63, 3.8) is 0 Å². The summed E-state index contributed by atoms with van der Waals surface area (Å²) in [6.07, 6.45) is 4.46. The second kappa shape index (κ2) is 5.03. The molecule has 1 N–H and O–H groups in total. The summed E-state index contributed by atoms with van der Waals surface area (Å²) in [6, 6.07) is 2.81. The monoisotopic (exact) mass is 239 g/mol. The Morgan fingerprint density at radius 2 is 2.00 bits per heavy atom. The molecule has 0 heterocycles. The van der Waals surface area contributed by atoms with Crippen LogP contribution in [0.15, 0.2) is 12.1 Å². The van der Waals surface area contributed by atoms with Crippen LogP contribution in [-0.2, 0) is 0 Å². The summed E-state index contributed by atoms with van der Waals surface area (Å²) in [5.41, 5.74) is 0.653. The van der Waals surface area contributed by atoms with Crippen LogP contribution in [0.1, 0.15) is 38.2 Å². The van der Waals surface area contributed by atoms with Gasteiger partial charge in [-0.1, -0.05) is 13.3 Å². The molecule has 0 radical (unpaired) electrons. The van der Waals surface area contributed by atoms with Gasteiger partial charge in [0.25, 0.3) is 0 Å². The summed E-state index contributed by atoms with van der Waals surface area (Å²) < 4.78 is 27.0. The predicted molar refractivity (Wildman–Crippen MR) is 66.1 cm³/mol. The van der Waals surface area contributed by atoms with E-state index in [2.05, 4.69) is 12.2 Å². The van der Waals surface area contributed by atoms with Crippen LogP contribution in [0.25, 0.3) is 0 Å². The van der Waals surface area contributed by atoms with Crippen LogP contribution in [0.2, 0.25) is 0 Å². The molecule has 3 heteroatoms. The summed E-state index contributed by atoms with van der Waals surface area (Å²) in [7, 11) is 0. The first-order chi connectivity index (χ1) is 8.10. The van der Waals surface area contributed by atoms with Crippen LogP contribution in [0, 0.1) is 24.5 Å². The SMILES string of the molecule is CCC1CCC(Nc2cc(F)c(C)cc2F)C1. The molecule has 2 unspecified atom stereocenters. The van der Waals surface area contributed by atoms with Crippen molar-refractivity contribution in [3.8, 4) is 0 Å². The third-order valence-electron chi connectivity index (χ3n) is 3.73. The number of hydrogen-bond acceptors (Lipinski definition) is 1. The van der Waals surface area contributed by atoms with E-state index in [0.29, 0.717) is 11.3 Å². The average Bonchev–Trinajstić information content (AvgIpc) is 2.73. The Hall–Kier alpha value is -1.12. The molecular weight excluding hydrogens is 220 g/mol.